The lowest BCUT2D eigenvalue weighted by Gasteiger charge is -2.38. The summed E-state index contributed by atoms with van der Waals surface area (Å²) in [6, 6.07) is 0. The zero-order chi connectivity index (χ0) is 14.0. The molecule has 1 saturated heterocycles. The maximum Gasteiger partial charge on any atom is 0.241 e. The largest absolute Gasteiger partial charge is 0.381 e. The summed E-state index contributed by atoms with van der Waals surface area (Å²) in [5.74, 6) is -0.255. The first-order valence-electron chi connectivity index (χ1n) is 5.81. The average Bonchev–Trinajstić information content (AvgIpc) is 2.28. The van der Waals surface area contributed by atoms with Crippen LogP contribution in [0.4, 0.5) is 0 Å². The standard InChI is InChI=1S/C11H20ClNO4S/c1-10(2,18(3,15)16)9(14)13-11(8-12)4-6-17-7-5-11/h4-8H2,1-3H3,(H,13,14). The quantitative estimate of drug-likeness (QED) is 0.776. The predicted molar refractivity (Wildman–Crippen MR) is 70.6 cm³/mol. The number of alkyl halides is 1. The summed E-state index contributed by atoms with van der Waals surface area (Å²) in [7, 11) is -3.47. The fourth-order valence-corrected chi connectivity index (χ4v) is 2.34. The van der Waals surface area contributed by atoms with E-state index in [-0.39, 0.29) is 5.88 Å². The molecular formula is C11H20ClNO4S. The zero-order valence-electron chi connectivity index (χ0n) is 11.0. The molecule has 0 atom stereocenters. The Morgan fingerprint density at radius 1 is 1.39 bits per heavy atom. The SMILES string of the molecule is CC(C)(C(=O)NC1(CCl)CCOCC1)S(C)(=O)=O. The van der Waals surface area contributed by atoms with Gasteiger partial charge in [-0.3, -0.25) is 4.79 Å². The number of sulfone groups is 1. The van der Waals surface area contributed by atoms with Gasteiger partial charge < -0.3 is 10.1 Å². The summed E-state index contributed by atoms with van der Waals surface area (Å²) in [6.45, 7) is 3.84. The van der Waals surface area contributed by atoms with E-state index in [1.54, 1.807) is 0 Å². The van der Waals surface area contributed by atoms with Crippen molar-refractivity contribution < 1.29 is 17.9 Å². The molecule has 0 aliphatic carbocycles. The van der Waals surface area contributed by atoms with Crippen LogP contribution < -0.4 is 5.32 Å². The van der Waals surface area contributed by atoms with Crippen LogP contribution in [0.15, 0.2) is 0 Å². The van der Waals surface area contributed by atoms with Crippen LogP contribution in [0.1, 0.15) is 26.7 Å². The van der Waals surface area contributed by atoms with Crippen LogP contribution in [0.5, 0.6) is 0 Å². The lowest BCUT2D eigenvalue weighted by atomic mass is 9.91. The fourth-order valence-electron chi connectivity index (χ4n) is 1.61. The van der Waals surface area contributed by atoms with E-state index in [4.69, 9.17) is 16.3 Å². The van der Waals surface area contributed by atoms with Crippen molar-refractivity contribution in [1.29, 1.82) is 0 Å². The molecule has 0 spiro atoms. The number of hydrogen-bond donors (Lipinski definition) is 1. The maximum absolute atomic E-state index is 12.2. The Balaban J connectivity index is 2.86. The summed E-state index contributed by atoms with van der Waals surface area (Å²) in [5, 5.41) is 2.80. The second kappa shape index (κ2) is 5.35. The lowest BCUT2D eigenvalue weighted by molar-refractivity contribution is -0.125. The van der Waals surface area contributed by atoms with Gasteiger partial charge in [-0.2, -0.15) is 0 Å². The van der Waals surface area contributed by atoms with Crippen LogP contribution in [0.25, 0.3) is 0 Å². The number of nitrogens with one attached hydrogen (secondary N) is 1. The number of carbonyl (C=O) groups excluding carboxylic acids is 1. The topological polar surface area (TPSA) is 72.5 Å². The van der Waals surface area contributed by atoms with Crippen LogP contribution in [0.3, 0.4) is 0 Å². The molecule has 0 aromatic heterocycles. The third-order valence-electron chi connectivity index (χ3n) is 3.56. The molecule has 1 rings (SSSR count). The van der Waals surface area contributed by atoms with E-state index in [9.17, 15) is 13.2 Å². The Morgan fingerprint density at radius 2 is 1.89 bits per heavy atom. The molecule has 0 saturated carbocycles. The third kappa shape index (κ3) is 3.16. The van der Waals surface area contributed by atoms with E-state index >= 15 is 0 Å². The molecule has 1 amide bonds. The van der Waals surface area contributed by atoms with Crippen LogP contribution in [0, 0.1) is 0 Å². The fraction of sp³-hybridized carbons (Fsp3) is 0.909. The highest BCUT2D eigenvalue weighted by Crippen LogP contribution is 2.25. The molecule has 0 unspecified atom stereocenters. The highest BCUT2D eigenvalue weighted by Gasteiger charge is 2.43. The van der Waals surface area contributed by atoms with Crippen LogP contribution in [-0.2, 0) is 19.4 Å². The summed E-state index contributed by atoms with van der Waals surface area (Å²) in [6.07, 6.45) is 2.26. The highest BCUT2D eigenvalue weighted by atomic mass is 35.5. The van der Waals surface area contributed by atoms with Crippen molar-refractivity contribution in [2.24, 2.45) is 0 Å². The van der Waals surface area contributed by atoms with Crippen LogP contribution in [0.2, 0.25) is 0 Å². The lowest BCUT2D eigenvalue weighted by Crippen LogP contribution is -2.59. The second-order valence-electron chi connectivity index (χ2n) is 5.26. The first-order valence-corrected chi connectivity index (χ1v) is 8.23. The Hall–Kier alpha value is -0.330. The third-order valence-corrected chi connectivity index (χ3v) is 6.11. The molecule has 5 nitrogen and oxygen atoms in total. The van der Waals surface area contributed by atoms with Crippen LogP contribution in [-0.4, -0.2) is 50.0 Å². The van der Waals surface area contributed by atoms with Crippen molar-refractivity contribution in [1.82, 2.24) is 5.32 Å². The Labute approximate surface area is 113 Å². The van der Waals surface area contributed by atoms with E-state index in [2.05, 4.69) is 5.32 Å². The van der Waals surface area contributed by atoms with Gasteiger partial charge in [-0.15, -0.1) is 11.6 Å². The van der Waals surface area contributed by atoms with Crippen molar-refractivity contribution in [2.75, 3.05) is 25.3 Å². The number of ether oxygens (including phenoxy) is 1. The molecule has 106 valence electrons. The van der Waals surface area contributed by atoms with Gasteiger partial charge in [0.25, 0.3) is 0 Å². The van der Waals surface area contributed by atoms with Crippen molar-refractivity contribution >= 4 is 27.3 Å². The van der Waals surface area contributed by atoms with Gasteiger partial charge in [0, 0.05) is 25.3 Å². The molecule has 0 bridgehead atoms. The monoisotopic (exact) mass is 297 g/mol. The van der Waals surface area contributed by atoms with Gasteiger partial charge in [-0.1, -0.05) is 0 Å². The summed E-state index contributed by atoms with van der Waals surface area (Å²) < 4.78 is 27.0. The molecule has 0 aromatic rings. The number of rotatable bonds is 4. The maximum atomic E-state index is 12.2. The van der Waals surface area contributed by atoms with E-state index < -0.39 is 26.0 Å². The molecule has 1 aliphatic rings. The zero-order valence-corrected chi connectivity index (χ0v) is 12.5. The van der Waals surface area contributed by atoms with Gasteiger partial charge in [-0.25, -0.2) is 8.42 Å². The van der Waals surface area contributed by atoms with Gasteiger partial charge >= 0.3 is 0 Å². The van der Waals surface area contributed by atoms with Crippen LogP contribution >= 0.6 is 11.6 Å². The number of carbonyl (C=O) groups is 1. The highest BCUT2D eigenvalue weighted by molar-refractivity contribution is 7.92. The van der Waals surface area contributed by atoms with E-state index in [0.29, 0.717) is 26.1 Å². The predicted octanol–water partition coefficient (Wildman–Crippen LogP) is 0.714. The smallest absolute Gasteiger partial charge is 0.241 e. The molecule has 1 N–H and O–H groups in total. The molecule has 1 aliphatic heterocycles. The normalized spacial score (nSPS) is 20.4. The Bertz CT molecular complexity index is 413. The molecule has 0 aromatic carbocycles. The molecule has 0 radical (unpaired) electrons. The first-order chi connectivity index (χ1) is 8.15. The first kappa shape index (κ1) is 15.7. The van der Waals surface area contributed by atoms with Gasteiger partial charge in [0.1, 0.15) is 4.75 Å². The molecule has 1 heterocycles. The summed E-state index contributed by atoms with van der Waals surface area (Å²) >= 11 is 5.93. The second-order valence-corrected chi connectivity index (χ2v) is 8.10. The Morgan fingerprint density at radius 3 is 2.28 bits per heavy atom. The van der Waals surface area contributed by atoms with E-state index in [0.717, 1.165) is 6.26 Å². The molecule has 18 heavy (non-hydrogen) atoms. The summed E-state index contributed by atoms with van der Waals surface area (Å²) in [4.78, 5) is 12.2. The summed E-state index contributed by atoms with van der Waals surface area (Å²) in [5.41, 5.74) is -0.557. The molecule has 7 heteroatoms. The number of halogens is 1. The number of hydrogen-bond acceptors (Lipinski definition) is 4. The van der Waals surface area contributed by atoms with Gasteiger partial charge in [0.15, 0.2) is 9.84 Å². The minimum Gasteiger partial charge on any atom is -0.381 e. The Kier molecular flexibility index (Phi) is 4.67. The minimum atomic E-state index is -3.47. The molecular weight excluding hydrogens is 278 g/mol. The van der Waals surface area contributed by atoms with Gasteiger partial charge in [0.05, 0.1) is 5.54 Å². The number of amides is 1. The minimum absolute atomic E-state index is 0.252. The van der Waals surface area contributed by atoms with Crippen molar-refractivity contribution in [3.8, 4) is 0 Å². The van der Waals surface area contributed by atoms with Gasteiger partial charge in [-0.05, 0) is 26.7 Å². The molecule has 1 fully saturated rings. The van der Waals surface area contributed by atoms with Crippen molar-refractivity contribution in [3.63, 3.8) is 0 Å². The van der Waals surface area contributed by atoms with Crippen molar-refractivity contribution in [3.05, 3.63) is 0 Å². The average molecular weight is 298 g/mol. The van der Waals surface area contributed by atoms with E-state index in [1.807, 2.05) is 0 Å². The van der Waals surface area contributed by atoms with Gasteiger partial charge in [0.2, 0.25) is 5.91 Å². The van der Waals surface area contributed by atoms with E-state index in [1.165, 1.54) is 13.8 Å². The van der Waals surface area contributed by atoms with Crippen molar-refractivity contribution in [2.45, 2.75) is 37.0 Å².